The molecule has 0 atom stereocenters. The van der Waals surface area contributed by atoms with Crippen molar-refractivity contribution in [2.24, 2.45) is 0 Å². The summed E-state index contributed by atoms with van der Waals surface area (Å²) >= 11 is 0. The topological polar surface area (TPSA) is 17.8 Å². The van der Waals surface area contributed by atoms with Crippen molar-refractivity contribution in [1.82, 2.24) is 9.55 Å². The van der Waals surface area contributed by atoms with Crippen molar-refractivity contribution in [3.63, 3.8) is 0 Å². The van der Waals surface area contributed by atoms with E-state index in [-0.39, 0.29) is 0 Å². The SMILES string of the molecule is C=c1/c(=C\C=C/C)c2cnccc2n1-c1ccccc1.CC. The molecule has 2 heteroatoms. The van der Waals surface area contributed by atoms with Gasteiger partial charge >= 0.3 is 0 Å². The van der Waals surface area contributed by atoms with E-state index in [0.29, 0.717) is 0 Å². The molecule has 0 bridgehead atoms. The molecule has 2 heterocycles. The van der Waals surface area contributed by atoms with E-state index in [1.807, 2.05) is 69.6 Å². The molecule has 0 aliphatic heterocycles. The van der Waals surface area contributed by atoms with Crippen LogP contribution in [0.5, 0.6) is 0 Å². The molecule has 3 aromatic rings. The summed E-state index contributed by atoms with van der Waals surface area (Å²) in [5.74, 6) is 0. The maximum Gasteiger partial charge on any atom is 0.0571 e. The molecule has 2 aromatic heterocycles. The van der Waals surface area contributed by atoms with Crippen LogP contribution in [0.3, 0.4) is 0 Å². The van der Waals surface area contributed by atoms with E-state index in [4.69, 9.17) is 0 Å². The molecule has 0 N–H and O–H groups in total. The first-order valence-electron chi connectivity index (χ1n) is 7.64. The van der Waals surface area contributed by atoms with Crippen LogP contribution in [0.25, 0.3) is 29.2 Å². The van der Waals surface area contributed by atoms with Crippen LogP contribution in [0, 0.1) is 0 Å². The van der Waals surface area contributed by atoms with Gasteiger partial charge in [-0.05, 0) is 25.1 Å². The van der Waals surface area contributed by atoms with Crippen molar-refractivity contribution in [2.75, 3.05) is 0 Å². The number of pyridine rings is 1. The standard InChI is InChI=1S/C18H16N2.C2H6/c1-3-4-10-16-14(2)20(15-8-6-5-7-9-15)18-11-12-19-13-17(16)18;1-2/h3-13H,2H2,1H3;1-2H3/b4-3-,16-10+;. The van der Waals surface area contributed by atoms with Crippen LogP contribution in [-0.4, -0.2) is 9.55 Å². The summed E-state index contributed by atoms with van der Waals surface area (Å²) in [6.07, 6.45) is 9.86. The van der Waals surface area contributed by atoms with Gasteiger partial charge in [0.2, 0.25) is 0 Å². The minimum Gasteiger partial charge on any atom is -0.310 e. The Bertz CT molecular complexity index is 871. The predicted molar refractivity (Wildman–Crippen MR) is 96.5 cm³/mol. The second kappa shape index (κ2) is 7.41. The first-order chi connectivity index (χ1) is 10.8. The molecule has 112 valence electrons. The van der Waals surface area contributed by atoms with Gasteiger partial charge in [0.25, 0.3) is 0 Å². The minimum atomic E-state index is 0.984. The van der Waals surface area contributed by atoms with E-state index in [1.165, 1.54) is 0 Å². The normalized spacial score (nSPS) is 11.7. The lowest BCUT2D eigenvalue weighted by molar-refractivity contribution is 1.07. The Kier molecular flexibility index (Phi) is 5.31. The van der Waals surface area contributed by atoms with Gasteiger partial charge < -0.3 is 4.57 Å². The smallest absolute Gasteiger partial charge is 0.0571 e. The highest BCUT2D eigenvalue weighted by molar-refractivity contribution is 5.83. The van der Waals surface area contributed by atoms with E-state index in [0.717, 1.165) is 27.2 Å². The average Bonchev–Trinajstić information content (AvgIpc) is 2.87. The first kappa shape index (κ1) is 15.8. The zero-order valence-electron chi connectivity index (χ0n) is 13.5. The summed E-state index contributed by atoms with van der Waals surface area (Å²) in [6, 6.07) is 12.3. The van der Waals surface area contributed by atoms with Crippen LogP contribution in [0.15, 0.2) is 60.9 Å². The fourth-order valence-electron chi connectivity index (χ4n) is 2.46. The maximum absolute atomic E-state index is 4.26. The van der Waals surface area contributed by atoms with Crippen LogP contribution in [0.1, 0.15) is 20.8 Å². The van der Waals surface area contributed by atoms with Crippen molar-refractivity contribution >= 4 is 23.6 Å². The summed E-state index contributed by atoms with van der Waals surface area (Å²) in [6.45, 7) is 10.3. The Hall–Kier alpha value is -2.61. The number of benzene rings is 1. The summed E-state index contributed by atoms with van der Waals surface area (Å²) in [7, 11) is 0. The van der Waals surface area contributed by atoms with Crippen LogP contribution in [-0.2, 0) is 0 Å². The molecular weight excluding hydrogens is 268 g/mol. The fourth-order valence-corrected chi connectivity index (χ4v) is 2.46. The van der Waals surface area contributed by atoms with E-state index in [2.05, 4.69) is 34.3 Å². The van der Waals surface area contributed by atoms with E-state index in [9.17, 15) is 0 Å². The highest BCUT2D eigenvalue weighted by Crippen LogP contribution is 2.13. The molecule has 0 fully saturated rings. The highest BCUT2D eigenvalue weighted by atomic mass is 15.0. The fraction of sp³-hybridized carbons (Fsp3) is 0.150. The van der Waals surface area contributed by atoms with Crippen molar-refractivity contribution in [1.29, 1.82) is 0 Å². The Morgan fingerprint density at radius 2 is 1.82 bits per heavy atom. The third-order valence-electron chi connectivity index (χ3n) is 3.38. The highest BCUT2D eigenvalue weighted by Gasteiger charge is 2.07. The van der Waals surface area contributed by atoms with Crippen LogP contribution < -0.4 is 10.6 Å². The molecule has 0 amide bonds. The zero-order valence-corrected chi connectivity index (χ0v) is 13.5. The van der Waals surface area contributed by atoms with Gasteiger partial charge in [-0.2, -0.15) is 0 Å². The van der Waals surface area contributed by atoms with Crippen molar-refractivity contribution in [2.45, 2.75) is 20.8 Å². The van der Waals surface area contributed by atoms with E-state index < -0.39 is 0 Å². The van der Waals surface area contributed by atoms with E-state index >= 15 is 0 Å². The molecular formula is C20H22N2. The van der Waals surface area contributed by atoms with Crippen LogP contribution in [0.4, 0.5) is 0 Å². The molecule has 2 nitrogen and oxygen atoms in total. The monoisotopic (exact) mass is 290 g/mol. The van der Waals surface area contributed by atoms with Gasteiger partial charge in [-0.3, -0.25) is 4.98 Å². The molecule has 0 saturated carbocycles. The molecule has 0 aliphatic carbocycles. The molecule has 0 spiro atoms. The number of para-hydroxylation sites is 1. The third kappa shape index (κ3) is 2.86. The number of hydrogen-bond donors (Lipinski definition) is 0. The summed E-state index contributed by atoms with van der Waals surface area (Å²) in [5, 5.41) is 3.23. The minimum absolute atomic E-state index is 0.984. The molecule has 0 radical (unpaired) electrons. The van der Waals surface area contributed by atoms with Crippen LogP contribution in [0.2, 0.25) is 0 Å². The number of aromatic nitrogens is 2. The van der Waals surface area contributed by atoms with Gasteiger partial charge in [-0.25, -0.2) is 0 Å². The van der Waals surface area contributed by atoms with Crippen molar-refractivity contribution < 1.29 is 0 Å². The molecule has 3 rings (SSSR count). The molecule has 22 heavy (non-hydrogen) atoms. The number of fused-ring (bicyclic) bond motifs is 1. The summed E-state index contributed by atoms with van der Waals surface area (Å²) in [5.41, 5.74) is 2.25. The van der Waals surface area contributed by atoms with Gasteiger partial charge in [0.1, 0.15) is 0 Å². The predicted octanol–water partition coefficient (Wildman–Crippen LogP) is 3.82. The van der Waals surface area contributed by atoms with E-state index in [1.54, 1.807) is 0 Å². The number of allylic oxidation sites excluding steroid dienone is 2. The Labute approximate surface area is 131 Å². The summed E-state index contributed by atoms with van der Waals surface area (Å²) < 4.78 is 2.17. The van der Waals surface area contributed by atoms with Crippen molar-refractivity contribution in [3.8, 4) is 5.69 Å². The van der Waals surface area contributed by atoms with Gasteiger partial charge in [0, 0.05) is 34.0 Å². The molecule has 0 unspecified atom stereocenters. The molecule has 1 aromatic carbocycles. The Balaban J connectivity index is 0.000000847. The number of nitrogens with zero attached hydrogens (tertiary/aromatic N) is 2. The first-order valence-corrected chi connectivity index (χ1v) is 7.64. The lowest BCUT2D eigenvalue weighted by Gasteiger charge is -2.05. The Morgan fingerprint density at radius 3 is 2.50 bits per heavy atom. The second-order valence-corrected chi connectivity index (χ2v) is 4.62. The Morgan fingerprint density at radius 1 is 1.09 bits per heavy atom. The molecule has 0 saturated heterocycles. The van der Waals surface area contributed by atoms with Gasteiger partial charge in [-0.15, -0.1) is 0 Å². The van der Waals surface area contributed by atoms with Gasteiger partial charge in [0.15, 0.2) is 0 Å². The quantitative estimate of drug-likeness (QED) is 0.701. The zero-order chi connectivity index (χ0) is 15.9. The lowest BCUT2D eigenvalue weighted by Crippen LogP contribution is -2.26. The van der Waals surface area contributed by atoms with Crippen molar-refractivity contribution in [3.05, 3.63) is 71.5 Å². The summed E-state index contributed by atoms with van der Waals surface area (Å²) in [4.78, 5) is 4.24. The second-order valence-electron chi connectivity index (χ2n) is 4.62. The lowest BCUT2D eigenvalue weighted by atomic mass is 10.2. The van der Waals surface area contributed by atoms with Gasteiger partial charge in [0.05, 0.1) is 5.52 Å². The number of hydrogen-bond acceptors (Lipinski definition) is 1. The van der Waals surface area contributed by atoms with Gasteiger partial charge in [-0.1, -0.05) is 56.9 Å². The molecule has 0 aliphatic rings. The third-order valence-corrected chi connectivity index (χ3v) is 3.38. The number of rotatable bonds is 2. The average molecular weight is 290 g/mol. The van der Waals surface area contributed by atoms with Crippen LogP contribution >= 0.6 is 0 Å². The maximum atomic E-state index is 4.26. The largest absolute Gasteiger partial charge is 0.310 e.